The second-order valence-corrected chi connectivity index (χ2v) is 5.92. The molecule has 0 aliphatic rings. The third-order valence-electron chi connectivity index (χ3n) is 2.76. The molecular weight excluding hydrogens is 331 g/mol. The third kappa shape index (κ3) is 3.02. The summed E-state index contributed by atoms with van der Waals surface area (Å²) in [6.45, 7) is 0. The summed E-state index contributed by atoms with van der Waals surface area (Å²) in [5, 5.41) is 1.54. The Kier molecular flexibility index (Phi) is 4.10. The normalized spacial score (nSPS) is 11.0. The lowest BCUT2D eigenvalue weighted by molar-refractivity contribution is 0.102. The van der Waals surface area contributed by atoms with Gasteiger partial charge in [-0.05, 0) is 18.2 Å². The zero-order chi connectivity index (χ0) is 14.8. The number of thioether (sulfide) groups is 1. The number of nitrogens with one attached hydrogen (secondary N) is 1. The highest BCUT2D eigenvalue weighted by atomic mass is 35.5. The van der Waals surface area contributed by atoms with Gasteiger partial charge in [0.15, 0.2) is 11.4 Å². The molecule has 0 atom stereocenters. The van der Waals surface area contributed by atoms with Crippen molar-refractivity contribution in [3.05, 3.63) is 46.5 Å². The fraction of sp³-hybridized carbons (Fsp3) is 0.0769. The van der Waals surface area contributed by atoms with E-state index in [4.69, 9.17) is 23.2 Å². The molecule has 2 heterocycles. The molecule has 0 saturated carbocycles. The fourth-order valence-electron chi connectivity index (χ4n) is 1.78. The lowest BCUT2D eigenvalue weighted by Gasteiger charge is -2.04. The van der Waals surface area contributed by atoms with Crippen LogP contribution in [0, 0.1) is 0 Å². The van der Waals surface area contributed by atoms with Gasteiger partial charge in [0, 0.05) is 10.6 Å². The van der Waals surface area contributed by atoms with E-state index >= 15 is 0 Å². The first kappa shape index (κ1) is 14.3. The summed E-state index contributed by atoms with van der Waals surface area (Å²) in [7, 11) is 0. The van der Waals surface area contributed by atoms with Gasteiger partial charge in [-0.3, -0.25) is 4.79 Å². The van der Waals surface area contributed by atoms with Crippen LogP contribution in [-0.4, -0.2) is 31.5 Å². The van der Waals surface area contributed by atoms with Crippen molar-refractivity contribution in [1.82, 2.24) is 19.9 Å². The summed E-state index contributed by atoms with van der Waals surface area (Å²) in [6.07, 6.45) is 2.96. The average Bonchev–Trinajstić information content (AvgIpc) is 2.96. The molecular formula is C13H8Cl2N4OS. The Morgan fingerprint density at radius 3 is 2.95 bits per heavy atom. The van der Waals surface area contributed by atoms with Crippen LogP contribution in [0.5, 0.6) is 0 Å². The number of ketones is 1. The maximum absolute atomic E-state index is 12.2. The third-order valence-corrected chi connectivity index (χ3v) is 4.31. The van der Waals surface area contributed by atoms with Gasteiger partial charge in [0.1, 0.15) is 16.9 Å². The molecule has 3 aromatic rings. The number of hydrogen-bond donors (Lipinski definition) is 1. The van der Waals surface area contributed by atoms with Crippen molar-refractivity contribution in [3.8, 4) is 0 Å². The van der Waals surface area contributed by atoms with Gasteiger partial charge in [0.25, 0.3) is 0 Å². The molecule has 5 nitrogen and oxygen atoms in total. The van der Waals surface area contributed by atoms with Crippen molar-refractivity contribution < 1.29 is 4.79 Å². The summed E-state index contributed by atoms with van der Waals surface area (Å²) < 4.78 is 0. The van der Waals surface area contributed by atoms with Crippen molar-refractivity contribution in [3.63, 3.8) is 0 Å². The van der Waals surface area contributed by atoms with E-state index in [2.05, 4.69) is 19.9 Å². The van der Waals surface area contributed by atoms with Crippen molar-refractivity contribution in [2.45, 2.75) is 5.03 Å². The van der Waals surface area contributed by atoms with E-state index in [0.29, 0.717) is 31.8 Å². The number of halogens is 2. The predicted octanol–water partition coefficient (Wildman–Crippen LogP) is 3.63. The van der Waals surface area contributed by atoms with Gasteiger partial charge < -0.3 is 4.98 Å². The number of Topliss-reactive ketones (excluding diaryl/α,β-unsaturated/α-hetero) is 1. The minimum absolute atomic E-state index is 0.112. The minimum atomic E-state index is -0.112. The van der Waals surface area contributed by atoms with Crippen molar-refractivity contribution >= 4 is 51.9 Å². The Morgan fingerprint density at radius 2 is 2.10 bits per heavy atom. The van der Waals surface area contributed by atoms with E-state index in [1.807, 2.05) is 0 Å². The summed E-state index contributed by atoms with van der Waals surface area (Å²) >= 11 is 13.2. The fourth-order valence-corrected chi connectivity index (χ4v) is 3.01. The smallest absolute Gasteiger partial charge is 0.181 e. The molecule has 2 aromatic heterocycles. The van der Waals surface area contributed by atoms with Crippen LogP contribution in [0.4, 0.5) is 0 Å². The van der Waals surface area contributed by atoms with Gasteiger partial charge >= 0.3 is 0 Å². The van der Waals surface area contributed by atoms with Crippen LogP contribution in [0.3, 0.4) is 0 Å². The Bertz CT molecular complexity index is 821. The van der Waals surface area contributed by atoms with E-state index in [-0.39, 0.29) is 11.5 Å². The van der Waals surface area contributed by atoms with E-state index < -0.39 is 0 Å². The molecule has 106 valence electrons. The number of imidazole rings is 1. The highest BCUT2D eigenvalue weighted by molar-refractivity contribution is 8.00. The molecule has 0 aliphatic heterocycles. The van der Waals surface area contributed by atoms with Crippen LogP contribution in [0.25, 0.3) is 11.2 Å². The number of nitrogens with zero attached hydrogens (tertiary/aromatic N) is 3. The highest BCUT2D eigenvalue weighted by Crippen LogP contribution is 2.26. The topological polar surface area (TPSA) is 71.5 Å². The second-order valence-electron chi connectivity index (χ2n) is 4.12. The van der Waals surface area contributed by atoms with Crippen LogP contribution in [0.2, 0.25) is 10.0 Å². The van der Waals surface area contributed by atoms with Crippen LogP contribution in [0.1, 0.15) is 10.4 Å². The van der Waals surface area contributed by atoms with Crippen LogP contribution in [0.15, 0.2) is 35.9 Å². The van der Waals surface area contributed by atoms with E-state index in [1.165, 1.54) is 18.1 Å². The van der Waals surface area contributed by atoms with Gasteiger partial charge in [-0.15, -0.1) is 0 Å². The standard InChI is InChI=1S/C13H8Cl2N4OS/c14-7-1-2-9(15)8(3-7)10(20)4-21-13-11-12(17-5-16-11)18-6-19-13/h1-3,5-6H,4H2,(H,16,17,18,19). The first-order valence-corrected chi connectivity index (χ1v) is 7.64. The molecule has 0 amide bonds. The van der Waals surface area contributed by atoms with Crippen LogP contribution >= 0.6 is 35.0 Å². The maximum Gasteiger partial charge on any atom is 0.181 e. The number of rotatable bonds is 4. The average molecular weight is 339 g/mol. The lowest BCUT2D eigenvalue weighted by atomic mass is 10.1. The largest absolute Gasteiger partial charge is 0.341 e. The van der Waals surface area contributed by atoms with Gasteiger partial charge in [0.2, 0.25) is 0 Å². The molecule has 3 rings (SSSR count). The van der Waals surface area contributed by atoms with E-state index in [1.54, 1.807) is 24.5 Å². The summed E-state index contributed by atoms with van der Waals surface area (Å²) in [5.41, 5.74) is 1.69. The molecule has 0 spiro atoms. The first-order chi connectivity index (χ1) is 10.1. The molecule has 0 unspecified atom stereocenters. The predicted molar refractivity (Wildman–Crippen MR) is 83.2 cm³/mol. The lowest BCUT2D eigenvalue weighted by Crippen LogP contribution is -2.04. The quantitative estimate of drug-likeness (QED) is 0.446. The zero-order valence-electron chi connectivity index (χ0n) is 10.5. The Balaban J connectivity index is 1.80. The number of carbonyl (C=O) groups is 1. The summed E-state index contributed by atoms with van der Waals surface area (Å²) in [6, 6.07) is 4.82. The monoisotopic (exact) mass is 338 g/mol. The summed E-state index contributed by atoms with van der Waals surface area (Å²) in [5.74, 6) is 0.0874. The molecule has 0 fully saturated rings. The van der Waals surface area contributed by atoms with Gasteiger partial charge in [-0.1, -0.05) is 35.0 Å². The van der Waals surface area contributed by atoms with Crippen LogP contribution < -0.4 is 0 Å². The van der Waals surface area contributed by atoms with Crippen LogP contribution in [-0.2, 0) is 0 Å². The van der Waals surface area contributed by atoms with Gasteiger partial charge in [-0.2, -0.15) is 0 Å². The number of aromatic amines is 1. The molecule has 0 aliphatic carbocycles. The number of hydrogen-bond acceptors (Lipinski definition) is 5. The molecule has 21 heavy (non-hydrogen) atoms. The number of H-pyrrole nitrogens is 1. The highest BCUT2D eigenvalue weighted by Gasteiger charge is 2.14. The number of benzene rings is 1. The molecule has 0 radical (unpaired) electrons. The van der Waals surface area contributed by atoms with Crippen molar-refractivity contribution in [2.24, 2.45) is 0 Å². The molecule has 1 aromatic carbocycles. The van der Waals surface area contributed by atoms with Crippen molar-refractivity contribution in [2.75, 3.05) is 5.75 Å². The number of aromatic nitrogens is 4. The van der Waals surface area contributed by atoms with Gasteiger partial charge in [-0.25, -0.2) is 15.0 Å². The summed E-state index contributed by atoms with van der Waals surface area (Å²) in [4.78, 5) is 27.4. The molecule has 8 heteroatoms. The zero-order valence-corrected chi connectivity index (χ0v) is 12.8. The second kappa shape index (κ2) is 6.01. The van der Waals surface area contributed by atoms with E-state index in [9.17, 15) is 4.79 Å². The Labute approximate surface area is 134 Å². The van der Waals surface area contributed by atoms with Crippen molar-refractivity contribution in [1.29, 1.82) is 0 Å². The Morgan fingerprint density at radius 1 is 1.24 bits per heavy atom. The number of carbonyl (C=O) groups excluding carboxylic acids is 1. The molecule has 1 N–H and O–H groups in total. The van der Waals surface area contributed by atoms with E-state index in [0.717, 1.165) is 0 Å². The molecule has 0 saturated heterocycles. The first-order valence-electron chi connectivity index (χ1n) is 5.90. The molecule has 0 bridgehead atoms. The van der Waals surface area contributed by atoms with Gasteiger partial charge in [0.05, 0.1) is 17.1 Å². The number of fused-ring (bicyclic) bond motifs is 1. The maximum atomic E-state index is 12.2. The minimum Gasteiger partial charge on any atom is -0.341 e. The Hall–Kier alpha value is -1.63. The SMILES string of the molecule is O=C(CSc1ncnc2nc[nH]c12)c1cc(Cl)ccc1Cl.